The normalized spacial score (nSPS) is 17.4. The van der Waals surface area contributed by atoms with Crippen molar-refractivity contribution in [3.8, 4) is 28.7 Å². The van der Waals surface area contributed by atoms with Gasteiger partial charge in [-0.15, -0.1) is 0 Å². The number of aliphatic hydroxyl groups is 1. The van der Waals surface area contributed by atoms with Gasteiger partial charge in [-0.1, -0.05) is 24.3 Å². The molecule has 1 atom stereocenters. The number of aliphatic hydroxyl groups excluding tert-OH is 1. The standard InChI is InChI=1S/C32H30N2O8S/c1-4-12-40-22-10-6-18(15-24(22)39-5-2)28-27(29(35)19-7-11-23-25(16-19)42-14-13-41-23)30(36)31(37)34(28)32-33-21-9-8-20(38-3)17-26(21)43-32/h6-11,15-17,28,35H,4-5,12-14H2,1-3H3/b29-27+/t28-/m1/s1. The monoisotopic (exact) mass is 602 g/mol. The third-order valence-electron chi connectivity index (χ3n) is 7.10. The van der Waals surface area contributed by atoms with Crippen molar-refractivity contribution in [1.29, 1.82) is 0 Å². The number of ether oxygens (including phenoxy) is 5. The number of rotatable bonds is 9. The summed E-state index contributed by atoms with van der Waals surface area (Å²) < 4.78 is 29.2. The van der Waals surface area contributed by atoms with Crippen molar-refractivity contribution in [2.75, 3.05) is 38.4 Å². The highest BCUT2D eigenvalue weighted by Crippen LogP contribution is 2.46. The van der Waals surface area contributed by atoms with E-state index in [1.807, 2.05) is 19.9 Å². The van der Waals surface area contributed by atoms with Crippen LogP contribution in [0.1, 0.15) is 37.4 Å². The van der Waals surface area contributed by atoms with Gasteiger partial charge in [-0.3, -0.25) is 14.5 Å². The van der Waals surface area contributed by atoms with Gasteiger partial charge in [0, 0.05) is 5.56 Å². The highest BCUT2D eigenvalue weighted by Gasteiger charge is 2.48. The van der Waals surface area contributed by atoms with Crippen molar-refractivity contribution in [2.45, 2.75) is 26.3 Å². The first-order valence-electron chi connectivity index (χ1n) is 14.0. The number of ketones is 1. The molecule has 1 fully saturated rings. The van der Waals surface area contributed by atoms with Crippen LogP contribution in [0.5, 0.6) is 28.7 Å². The third-order valence-corrected chi connectivity index (χ3v) is 8.11. The second kappa shape index (κ2) is 11.8. The Morgan fingerprint density at radius 1 is 1.00 bits per heavy atom. The van der Waals surface area contributed by atoms with Crippen LogP contribution in [-0.2, 0) is 9.59 Å². The summed E-state index contributed by atoms with van der Waals surface area (Å²) in [5.41, 5.74) is 1.42. The van der Waals surface area contributed by atoms with Gasteiger partial charge >= 0.3 is 5.91 Å². The molecule has 0 spiro atoms. The Morgan fingerprint density at radius 2 is 1.81 bits per heavy atom. The molecule has 0 bridgehead atoms. The Hall–Kier alpha value is -4.77. The van der Waals surface area contributed by atoms with E-state index in [0.29, 0.717) is 77.0 Å². The van der Waals surface area contributed by atoms with E-state index >= 15 is 0 Å². The third kappa shape index (κ3) is 5.20. The van der Waals surface area contributed by atoms with Gasteiger partial charge in [0.05, 0.1) is 42.2 Å². The topological polar surface area (TPSA) is 117 Å². The van der Waals surface area contributed by atoms with Crippen molar-refractivity contribution in [3.63, 3.8) is 0 Å². The number of aromatic nitrogens is 1. The quantitative estimate of drug-likeness (QED) is 0.142. The summed E-state index contributed by atoms with van der Waals surface area (Å²) in [5.74, 6) is 0.651. The fourth-order valence-electron chi connectivity index (χ4n) is 5.11. The van der Waals surface area contributed by atoms with Crippen LogP contribution in [0, 0.1) is 0 Å². The molecule has 6 rings (SSSR count). The fourth-order valence-corrected chi connectivity index (χ4v) is 6.13. The van der Waals surface area contributed by atoms with Gasteiger partial charge in [0.2, 0.25) is 0 Å². The van der Waals surface area contributed by atoms with Gasteiger partial charge in [-0.25, -0.2) is 4.98 Å². The molecule has 2 aliphatic heterocycles. The summed E-state index contributed by atoms with van der Waals surface area (Å²) >= 11 is 1.25. The Labute approximate surface area is 252 Å². The molecule has 222 valence electrons. The molecule has 1 N–H and O–H groups in total. The Kier molecular flexibility index (Phi) is 7.81. The van der Waals surface area contributed by atoms with Crippen molar-refractivity contribution in [2.24, 2.45) is 0 Å². The van der Waals surface area contributed by atoms with E-state index in [1.54, 1.807) is 55.6 Å². The zero-order chi connectivity index (χ0) is 30.1. The smallest absolute Gasteiger partial charge is 0.301 e. The van der Waals surface area contributed by atoms with Crippen molar-refractivity contribution in [1.82, 2.24) is 4.98 Å². The number of nitrogens with zero attached hydrogens (tertiary/aromatic N) is 2. The first-order valence-corrected chi connectivity index (χ1v) is 14.8. The molecular formula is C32H30N2O8S. The average molecular weight is 603 g/mol. The van der Waals surface area contributed by atoms with E-state index in [0.717, 1.165) is 11.1 Å². The molecule has 0 unspecified atom stereocenters. The van der Waals surface area contributed by atoms with Crippen LogP contribution in [0.25, 0.3) is 16.0 Å². The number of hydrogen-bond acceptors (Lipinski definition) is 10. The number of methoxy groups -OCH3 is 1. The number of benzene rings is 3. The Balaban J connectivity index is 1.53. The van der Waals surface area contributed by atoms with Crippen LogP contribution in [0.2, 0.25) is 0 Å². The summed E-state index contributed by atoms with van der Waals surface area (Å²) in [4.78, 5) is 33.5. The van der Waals surface area contributed by atoms with Crippen LogP contribution in [0.4, 0.5) is 5.13 Å². The predicted octanol–water partition coefficient (Wildman–Crippen LogP) is 5.89. The first-order chi connectivity index (χ1) is 20.9. The first kappa shape index (κ1) is 28.4. The molecule has 1 saturated heterocycles. The fraction of sp³-hybridized carbons (Fsp3) is 0.281. The maximum absolute atomic E-state index is 13.8. The second-order valence-corrected chi connectivity index (χ2v) is 10.9. The number of amides is 1. The number of carbonyl (C=O) groups is 2. The summed E-state index contributed by atoms with van der Waals surface area (Å²) in [6, 6.07) is 14.6. The molecule has 0 radical (unpaired) electrons. The lowest BCUT2D eigenvalue weighted by Crippen LogP contribution is -2.29. The molecule has 1 aromatic heterocycles. The van der Waals surface area contributed by atoms with Gasteiger partial charge in [0.15, 0.2) is 28.1 Å². The van der Waals surface area contributed by atoms with E-state index < -0.39 is 17.7 Å². The van der Waals surface area contributed by atoms with Gasteiger partial charge in [0.25, 0.3) is 5.78 Å². The number of hydrogen-bond donors (Lipinski definition) is 1. The van der Waals surface area contributed by atoms with Crippen LogP contribution < -0.4 is 28.6 Å². The van der Waals surface area contributed by atoms with E-state index in [9.17, 15) is 14.7 Å². The van der Waals surface area contributed by atoms with Crippen molar-refractivity contribution >= 4 is 44.1 Å². The Morgan fingerprint density at radius 3 is 2.58 bits per heavy atom. The largest absolute Gasteiger partial charge is 0.507 e. The van der Waals surface area contributed by atoms with Crippen LogP contribution in [0.15, 0.2) is 60.2 Å². The van der Waals surface area contributed by atoms with Crippen LogP contribution in [0.3, 0.4) is 0 Å². The molecular weight excluding hydrogens is 572 g/mol. The van der Waals surface area contributed by atoms with Gasteiger partial charge in [0.1, 0.15) is 24.7 Å². The molecule has 3 heterocycles. The zero-order valence-electron chi connectivity index (χ0n) is 23.9. The minimum atomic E-state index is -1.00. The summed E-state index contributed by atoms with van der Waals surface area (Å²) in [6.07, 6.45) is 0.811. The molecule has 10 nitrogen and oxygen atoms in total. The molecule has 0 aliphatic carbocycles. The van der Waals surface area contributed by atoms with E-state index in [1.165, 1.54) is 16.2 Å². The number of fused-ring (bicyclic) bond motifs is 2. The van der Waals surface area contributed by atoms with E-state index in [2.05, 4.69) is 0 Å². The molecule has 4 aromatic rings. The molecule has 11 heteroatoms. The lowest BCUT2D eigenvalue weighted by molar-refractivity contribution is -0.132. The zero-order valence-corrected chi connectivity index (χ0v) is 24.7. The number of Topliss-reactive ketones (excluding diaryl/α,β-unsaturated/α-hetero) is 1. The van der Waals surface area contributed by atoms with Crippen molar-refractivity contribution < 1.29 is 38.4 Å². The maximum Gasteiger partial charge on any atom is 0.301 e. The number of thiazole rings is 1. The van der Waals surface area contributed by atoms with Crippen molar-refractivity contribution in [3.05, 3.63) is 71.3 Å². The van der Waals surface area contributed by atoms with Gasteiger partial charge < -0.3 is 28.8 Å². The minimum absolute atomic E-state index is 0.0804. The van der Waals surface area contributed by atoms with Gasteiger partial charge in [-0.2, -0.15) is 0 Å². The maximum atomic E-state index is 13.8. The highest BCUT2D eigenvalue weighted by molar-refractivity contribution is 7.22. The molecule has 43 heavy (non-hydrogen) atoms. The van der Waals surface area contributed by atoms with Crippen LogP contribution in [-0.4, -0.2) is 55.3 Å². The summed E-state index contributed by atoms with van der Waals surface area (Å²) in [5, 5.41) is 12.0. The SMILES string of the molecule is CCCOc1ccc([C@@H]2/C(=C(\O)c3ccc4c(c3)OCCO4)C(=O)C(=O)N2c2nc3ccc(OC)cc3s2)cc1OCC. The summed E-state index contributed by atoms with van der Waals surface area (Å²) in [7, 11) is 1.57. The predicted molar refractivity (Wildman–Crippen MR) is 162 cm³/mol. The molecule has 2 aliphatic rings. The number of anilines is 1. The Bertz CT molecular complexity index is 1750. The molecule has 0 saturated carbocycles. The molecule has 3 aromatic carbocycles. The summed E-state index contributed by atoms with van der Waals surface area (Å²) in [6.45, 7) is 5.52. The number of carbonyl (C=O) groups excluding carboxylic acids is 2. The average Bonchev–Trinajstić information content (AvgIpc) is 3.57. The highest BCUT2D eigenvalue weighted by atomic mass is 32.1. The lowest BCUT2D eigenvalue weighted by Gasteiger charge is -2.24. The molecule has 1 amide bonds. The van der Waals surface area contributed by atoms with Crippen LogP contribution >= 0.6 is 11.3 Å². The second-order valence-electron chi connectivity index (χ2n) is 9.85. The van der Waals surface area contributed by atoms with E-state index in [4.69, 9.17) is 28.7 Å². The van der Waals surface area contributed by atoms with E-state index in [-0.39, 0.29) is 11.3 Å². The lowest BCUT2D eigenvalue weighted by atomic mass is 9.95. The minimum Gasteiger partial charge on any atom is -0.507 e. The van der Waals surface area contributed by atoms with Gasteiger partial charge in [-0.05, 0) is 67.4 Å².